The average Bonchev–Trinajstić information content (AvgIpc) is 2.22. The molecule has 6 heteroatoms. The van der Waals surface area contributed by atoms with Gasteiger partial charge in [0.2, 0.25) is 5.88 Å². The van der Waals surface area contributed by atoms with Crippen molar-refractivity contribution < 1.29 is 19.4 Å². The minimum Gasteiger partial charge on any atom is -0.477 e. The molecule has 1 rings (SSSR count). The summed E-state index contributed by atoms with van der Waals surface area (Å²) in [5.74, 6) is -1.10. The zero-order chi connectivity index (χ0) is 13.8. The van der Waals surface area contributed by atoms with Crippen LogP contribution in [-0.2, 0) is 4.74 Å². The Morgan fingerprint density at radius 3 is 2.61 bits per heavy atom. The lowest BCUT2D eigenvalue weighted by Crippen LogP contribution is -2.23. The van der Waals surface area contributed by atoms with E-state index in [9.17, 15) is 4.79 Å². The number of hydrogen-bond acceptors (Lipinski definition) is 4. The van der Waals surface area contributed by atoms with Gasteiger partial charge >= 0.3 is 5.97 Å². The van der Waals surface area contributed by atoms with Gasteiger partial charge in [0.15, 0.2) is 0 Å². The minimum atomic E-state index is -1.11. The van der Waals surface area contributed by atoms with Gasteiger partial charge in [-0.25, -0.2) is 9.78 Å². The Hall–Kier alpha value is -1.33. The van der Waals surface area contributed by atoms with Gasteiger partial charge in [-0.2, -0.15) is 0 Å². The van der Waals surface area contributed by atoms with E-state index in [0.717, 1.165) is 0 Å². The number of carboxylic acid groups (broad SMARTS) is 1. The van der Waals surface area contributed by atoms with E-state index in [-0.39, 0.29) is 28.8 Å². The molecule has 5 nitrogen and oxygen atoms in total. The van der Waals surface area contributed by atoms with Crippen LogP contribution in [-0.4, -0.2) is 34.9 Å². The Kier molecular flexibility index (Phi) is 4.93. The van der Waals surface area contributed by atoms with E-state index < -0.39 is 5.97 Å². The maximum atomic E-state index is 10.9. The molecule has 0 atom stereocenters. The van der Waals surface area contributed by atoms with Gasteiger partial charge in [-0.15, -0.1) is 0 Å². The van der Waals surface area contributed by atoms with E-state index in [1.165, 1.54) is 12.1 Å². The summed E-state index contributed by atoms with van der Waals surface area (Å²) in [6, 6.07) is 2.77. The van der Waals surface area contributed by atoms with Crippen LogP contribution in [0.25, 0.3) is 0 Å². The van der Waals surface area contributed by atoms with Crippen molar-refractivity contribution in [1.82, 2.24) is 4.98 Å². The molecule has 0 unspecified atom stereocenters. The molecule has 0 amide bonds. The van der Waals surface area contributed by atoms with Gasteiger partial charge in [0.25, 0.3) is 0 Å². The molecule has 0 aliphatic heterocycles. The van der Waals surface area contributed by atoms with Crippen LogP contribution in [0.5, 0.6) is 5.88 Å². The molecule has 0 aromatic carbocycles. The van der Waals surface area contributed by atoms with Crippen LogP contribution >= 0.6 is 11.6 Å². The molecule has 100 valence electrons. The number of pyridine rings is 1. The fourth-order valence-electron chi connectivity index (χ4n) is 1.18. The van der Waals surface area contributed by atoms with E-state index in [0.29, 0.717) is 6.61 Å². The van der Waals surface area contributed by atoms with Gasteiger partial charge in [-0.3, -0.25) is 0 Å². The second-order valence-corrected chi connectivity index (χ2v) is 4.99. The standard InChI is InChI=1S/C12H16ClNO4/c1-12(2,3)18-7-6-17-10-8(11(15)16)4-5-9(13)14-10/h4-5H,6-7H2,1-3H3,(H,15,16). The molecule has 0 radical (unpaired) electrons. The van der Waals surface area contributed by atoms with Crippen molar-refractivity contribution in [2.24, 2.45) is 0 Å². The largest absolute Gasteiger partial charge is 0.477 e. The summed E-state index contributed by atoms with van der Waals surface area (Å²) in [5.41, 5.74) is -0.282. The average molecular weight is 274 g/mol. The second-order valence-electron chi connectivity index (χ2n) is 4.60. The summed E-state index contributed by atoms with van der Waals surface area (Å²) in [7, 11) is 0. The van der Waals surface area contributed by atoms with Crippen LogP contribution in [0.15, 0.2) is 12.1 Å². The van der Waals surface area contributed by atoms with E-state index in [4.69, 9.17) is 26.2 Å². The fraction of sp³-hybridized carbons (Fsp3) is 0.500. The first kappa shape index (κ1) is 14.7. The molecule has 0 bridgehead atoms. The third kappa shape index (κ3) is 4.89. The molecular formula is C12H16ClNO4. The molecule has 1 N–H and O–H groups in total. The Labute approximate surface area is 111 Å². The molecule has 1 heterocycles. The van der Waals surface area contributed by atoms with E-state index in [1.54, 1.807) is 0 Å². The van der Waals surface area contributed by atoms with Crippen LogP contribution in [0.2, 0.25) is 5.15 Å². The highest BCUT2D eigenvalue weighted by molar-refractivity contribution is 6.29. The van der Waals surface area contributed by atoms with Gasteiger partial charge in [0, 0.05) is 0 Å². The van der Waals surface area contributed by atoms with Crippen molar-refractivity contribution in [1.29, 1.82) is 0 Å². The summed E-state index contributed by atoms with van der Waals surface area (Å²) in [6.45, 7) is 6.33. The Bertz CT molecular complexity index is 429. The van der Waals surface area contributed by atoms with Crippen LogP contribution < -0.4 is 4.74 Å². The molecule has 0 aliphatic rings. The molecule has 0 saturated heterocycles. The van der Waals surface area contributed by atoms with Crippen molar-refractivity contribution in [3.05, 3.63) is 22.8 Å². The first-order valence-electron chi connectivity index (χ1n) is 5.46. The fourth-order valence-corrected chi connectivity index (χ4v) is 1.32. The zero-order valence-corrected chi connectivity index (χ0v) is 11.3. The highest BCUT2D eigenvalue weighted by Crippen LogP contribution is 2.19. The Morgan fingerprint density at radius 2 is 2.06 bits per heavy atom. The molecule has 0 spiro atoms. The molecule has 0 aliphatic carbocycles. The minimum absolute atomic E-state index is 0.00695. The summed E-state index contributed by atoms with van der Waals surface area (Å²) >= 11 is 5.69. The number of rotatable bonds is 5. The summed E-state index contributed by atoms with van der Waals surface area (Å²) in [5, 5.41) is 9.13. The van der Waals surface area contributed by atoms with Crippen LogP contribution in [0.1, 0.15) is 31.1 Å². The summed E-state index contributed by atoms with van der Waals surface area (Å²) in [4.78, 5) is 14.8. The van der Waals surface area contributed by atoms with Crippen molar-refractivity contribution >= 4 is 17.6 Å². The van der Waals surface area contributed by atoms with E-state index in [1.807, 2.05) is 20.8 Å². The Morgan fingerprint density at radius 1 is 1.39 bits per heavy atom. The normalized spacial score (nSPS) is 11.3. The van der Waals surface area contributed by atoms with Crippen LogP contribution in [0.3, 0.4) is 0 Å². The summed E-state index contributed by atoms with van der Waals surface area (Å²) in [6.07, 6.45) is 0. The topological polar surface area (TPSA) is 68.7 Å². The maximum absolute atomic E-state index is 10.9. The van der Waals surface area contributed by atoms with E-state index in [2.05, 4.69) is 4.98 Å². The van der Waals surface area contributed by atoms with Crippen molar-refractivity contribution in [3.8, 4) is 5.88 Å². The van der Waals surface area contributed by atoms with Crippen molar-refractivity contribution in [2.75, 3.05) is 13.2 Å². The molecule has 18 heavy (non-hydrogen) atoms. The number of aromatic carboxylic acids is 1. The predicted molar refractivity (Wildman–Crippen MR) is 67.4 cm³/mol. The highest BCUT2D eigenvalue weighted by Gasteiger charge is 2.14. The van der Waals surface area contributed by atoms with Crippen molar-refractivity contribution in [3.63, 3.8) is 0 Å². The second kappa shape index (κ2) is 6.02. The quantitative estimate of drug-likeness (QED) is 0.660. The first-order chi connectivity index (χ1) is 8.29. The lowest BCUT2D eigenvalue weighted by molar-refractivity contribution is -0.0169. The number of carboxylic acids is 1. The number of hydrogen-bond donors (Lipinski definition) is 1. The number of ether oxygens (including phenoxy) is 2. The molecule has 0 saturated carbocycles. The lowest BCUT2D eigenvalue weighted by atomic mass is 10.2. The van der Waals surface area contributed by atoms with Crippen LogP contribution in [0, 0.1) is 0 Å². The maximum Gasteiger partial charge on any atom is 0.341 e. The highest BCUT2D eigenvalue weighted by atomic mass is 35.5. The molecule has 0 fully saturated rings. The summed E-state index contributed by atoms with van der Waals surface area (Å²) < 4.78 is 10.7. The Balaban J connectivity index is 2.61. The predicted octanol–water partition coefficient (Wildman–Crippen LogP) is 2.63. The SMILES string of the molecule is CC(C)(C)OCCOc1nc(Cl)ccc1C(=O)O. The van der Waals surface area contributed by atoms with Crippen molar-refractivity contribution in [2.45, 2.75) is 26.4 Å². The smallest absolute Gasteiger partial charge is 0.341 e. The molecule has 1 aromatic heterocycles. The first-order valence-corrected chi connectivity index (χ1v) is 5.84. The number of aromatic nitrogens is 1. The van der Waals surface area contributed by atoms with Gasteiger partial charge < -0.3 is 14.6 Å². The molecular weight excluding hydrogens is 258 g/mol. The molecule has 1 aromatic rings. The number of nitrogens with zero attached hydrogens (tertiary/aromatic N) is 1. The van der Waals surface area contributed by atoms with Gasteiger partial charge in [-0.05, 0) is 32.9 Å². The van der Waals surface area contributed by atoms with E-state index >= 15 is 0 Å². The van der Waals surface area contributed by atoms with Gasteiger partial charge in [-0.1, -0.05) is 11.6 Å². The van der Waals surface area contributed by atoms with Crippen LogP contribution in [0.4, 0.5) is 0 Å². The third-order valence-electron chi connectivity index (χ3n) is 1.91. The lowest BCUT2D eigenvalue weighted by Gasteiger charge is -2.19. The van der Waals surface area contributed by atoms with Gasteiger partial charge in [0.05, 0.1) is 12.2 Å². The number of carbonyl (C=O) groups is 1. The zero-order valence-electron chi connectivity index (χ0n) is 10.6. The van der Waals surface area contributed by atoms with Gasteiger partial charge in [0.1, 0.15) is 17.3 Å². The third-order valence-corrected chi connectivity index (χ3v) is 2.12. The number of halogens is 1. The monoisotopic (exact) mass is 273 g/mol.